The maximum absolute atomic E-state index is 14.2. The summed E-state index contributed by atoms with van der Waals surface area (Å²) in [5, 5.41) is 2.20. The van der Waals surface area contributed by atoms with Gasteiger partial charge in [0.15, 0.2) is 5.78 Å². The van der Waals surface area contributed by atoms with Crippen molar-refractivity contribution >= 4 is 44.7 Å². The van der Waals surface area contributed by atoms with Crippen LogP contribution in [0.4, 0.5) is 17.1 Å². The Hall–Kier alpha value is -6.97. The van der Waals surface area contributed by atoms with Crippen LogP contribution in [0.25, 0.3) is 38.6 Å². The zero-order valence-corrected chi connectivity index (χ0v) is 28.8. The lowest BCUT2D eigenvalue weighted by atomic mass is 9.64. The molecule has 0 atom stereocenters. The van der Waals surface area contributed by atoms with Gasteiger partial charge in [0.25, 0.3) is 0 Å². The Kier molecular flexibility index (Phi) is 6.32. The number of fused-ring (bicyclic) bond motifs is 12. The maximum atomic E-state index is 14.2. The number of ketones is 1. The Labute approximate surface area is 307 Å². The van der Waals surface area contributed by atoms with Crippen molar-refractivity contribution in [1.82, 2.24) is 4.57 Å². The number of rotatable bonds is 4. The van der Waals surface area contributed by atoms with Gasteiger partial charge in [0.2, 0.25) is 0 Å². The van der Waals surface area contributed by atoms with Crippen molar-refractivity contribution in [3.05, 3.63) is 228 Å². The Balaban J connectivity index is 1.02. The summed E-state index contributed by atoms with van der Waals surface area (Å²) in [4.78, 5) is 16.5. The second kappa shape index (κ2) is 11.3. The minimum absolute atomic E-state index is 0.00700. The molecule has 3 heteroatoms. The fourth-order valence-corrected chi connectivity index (χ4v) is 9.24. The zero-order chi connectivity index (χ0) is 35.1. The van der Waals surface area contributed by atoms with E-state index in [2.05, 4.69) is 179 Å². The second-order valence-electron chi connectivity index (χ2n) is 14.0. The van der Waals surface area contributed by atoms with Crippen LogP contribution in [0.1, 0.15) is 38.2 Å². The lowest BCUT2D eigenvalue weighted by Crippen LogP contribution is -2.36. The standard InChI is InChI=1S/C50H32N2O/c53-49(34-28-31-46-40(32-34)39-18-6-11-23-45(39)51(46)35-14-2-1-3-15-35)33-26-29-36(30-27-33)52-47-24-12-9-21-43(47)50(44-22-10-13-25-48(44)52)41-19-7-4-16-37(41)38-17-5-8-20-42(38)50/h1-32H. The highest BCUT2D eigenvalue weighted by molar-refractivity contribution is 6.15. The molecule has 8 aromatic carbocycles. The molecule has 0 amide bonds. The molecule has 0 radical (unpaired) electrons. The number of para-hydroxylation sites is 4. The van der Waals surface area contributed by atoms with E-state index in [4.69, 9.17) is 0 Å². The van der Waals surface area contributed by atoms with Gasteiger partial charge >= 0.3 is 0 Å². The zero-order valence-electron chi connectivity index (χ0n) is 28.8. The summed E-state index contributed by atoms with van der Waals surface area (Å²) < 4.78 is 2.27. The average Bonchev–Trinajstić information content (AvgIpc) is 3.72. The van der Waals surface area contributed by atoms with Gasteiger partial charge in [-0.1, -0.05) is 121 Å². The molecule has 1 spiro atoms. The molecule has 1 aromatic heterocycles. The maximum Gasteiger partial charge on any atom is 0.193 e. The first kappa shape index (κ1) is 29.7. The van der Waals surface area contributed by atoms with E-state index in [1.165, 1.54) is 33.4 Å². The highest BCUT2D eigenvalue weighted by Gasteiger charge is 2.51. The van der Waals surface area contributed by atoms with Gasteiger partial charge in [-0.05, 0) is 106 Å². The van der Waals surface area contributed by atoms with Gasteiger partial charge in [-0.15, -0.1) is 0 Å². The quantitative estimate of drug-likeness (QED) is 0.173. The molecule has 53 heavy (non-hydrogen) atoms. The minimum Gasteiger partial charge on any atom is -0.310 e. The van der Waals surface area contributed by atoms with Crippen LogP contribution in [0.2, 0.25) is 0 Å². The highest BCUT2D eigenvalue weighted by Crippen LogP contribution is 2.63. The number of carbonyl (C=O) groups excluding carboxylic acids is 1. The third-order valence-electron chi connectivity index (χ3n) is 11.4. The Morgan fingerprint density at radius 2 is 0.906 bits per heavy atom. The van der Waals surface area contributed by atoms with Crippen molar-refractivity contribution in [2.45, 2.75) is 5.41 Å². The molecule has 0 saturated carbocycles. The van der Waals surface area contributed by atoms with Crippen LogP contribution in [0.3, 0.4) is 0 Å². The normalized spacial score (nSPS) is 13.5. The molecule has 1 aliphatic carbocycles. The summed E-state index contributed by atoms with van der Waals surface area (Å²) in [5.74, 6) is 0.00700. The van der Waals surface area contributed by atoms with E-state index in [1.807, 2.05) is 24.3 Å². The van der Waals surface area contributed by atoms with Crippen molar-refractivity contribution in [1.29, 1.82) is 0 Å². The molecule has 0 unspecified atom stereocenters. The lowest BCUT2D eigenvalue weighted by Gasteiger charge is -2.45. The van der Waals surface area contributed by atoms with E-state index in [1.54, 1.807) is 0 Å². The van der Waals surface area contributed by atoms with Crippen molar-refractivity contribution < 1.29 is 4.79 Å². The molecule has 2 aliphatic rings. The van der Waals surface area contributed by atoms with Crippen LogP contribution in [0, 0.1) is 0 Å². The van der Waals surface area contributed by atoms with E-state index in [0.29, 0.717) is 11.1 Å². The van der Waals surface area contributed by atoms with Gasteiger partial charge < -0.3 is 9.47 Å². The Bertz CT molecular complexity index is 2820. The first-order valence-electron chi connectivity index (χ1n) is 18.2. The molecule has 9 aromatic rings. The number of nitrogens with zero attached hydrogens (tertiary/aromatic N) is 2. The average molecular weight is 677 g/mol. The predicted molar refractivity (Wildman–Crippen MR) is 216 cm³/mol. The first-order valence-corrected chi connectivity index (χ1v) is 18.2. The fourth-order valence-electron chi connectivity index (χ4n) is 9.24. The monoisotopic (exact) mass is 676 g/mol. The van der Waals surface area contributed by atoms with Crippen LogP contribution in [0.15, 0.2) is 194 Å². The molecule has 0 fully saturated rings. The lowest BCUT2D eigenvalue weighted by molar-refractivity contribution is 0.103. The fraction of sp³-hybridized carbons (Fsp3) is 0.0200. The summed E-state index contributed by atoms with van der Waals surface area (Å²) in [7, 11) is 0. The van der Waals surface area contributed by atoms with Gasteiger partial charge in [-0.3, -0.25) is 4.79 Å². The molecule has 0 bridgehead atoms. The molecular weight excluding hydrogens is 645 g/mol. The van der Waals surface area contributed by atoms with Crippen molar-refractivity contribution in [3.63, 3.8) is 0 Å². The van der Waals surface area contributed by atoms with E-state index in [-0.39, 0.29) is 5.78 Å². The summed E-state index contributed by atoms with van der Waals surface area (Å²) >= 11 is 0. The highest BCUT2D eigenvalue weighted by atomic mass is 16.1. The summed E-state index contributed by atoms with van der Waals surface area (Å²) in [6, 6.07) is 68.4. The molecule has 1 aliphatic heterocycles. The topological polar surface area (TPSA) is 25.2 Å². The van der Waals surface area contributed by atoms with Crippen molar-refractivity contribution in [2.24, 2.45) is 0 Å². The number of hydrogen-bond acceptors (Lipinski definition) is 2. The summed E-state index contributed by atoms with van der Waals surface area (Å²) in [6.45, 7) is 0. The van der Waals surface area contributed by atoms with Gasteiger partial charge in [0, 0.05) is 33.3 Å². The molecule has 11 rings (SSSR count). The molecule has 2 heterocycles. The van der Waals surface area contributed by atoms with Gasteiger partial charge in [-0.2, -0.15) is 0 Å². The van der Waals surface area contributed by atoms with Crippen LogP contribution in [0.5, 0.6) is 0 Å². The Morgan fingerprint density at radius 1 is 0.396 bits per heavy atom. The number of anilines is 3. The molecule has 248 valence electrons. The predicted octanol–water partition coefficient (Wildman–Crippen LogP) is 12.2. The first-order chi connectivity index (χ1) is 26.2. The molecule has 3 nitrogen and oxygen atoms in total. The van der Waals surface area contributed by atoms with Crippen molar-refractivity contribution in [3.8, 4) is 16.8 Å². The van der Waals surface area contributed by atoms with Crippen LogP contribution >= 0.6 is 0 Å². The van der Waals surface area contributed by atoms with E-state index >= 15 is 0 Å². The van der Waals surface area contributed by atoms with E-state index < -0.39 is 5.41 Å². The third-order valence-corrected chi connectivity index (χ3v) is 11.4. The molecule has 0 saturated heterocycles. The van der Waals surface area contributed by atoms with E-state index in [9.17, 15) is 4.79 Å². The largest absolute Gasteiger partial charge is 0.310 e. The number of aromatic nitrogens is 1. The Morgan fingerprint density at radius 3 is 1.57 bits per heavy atom. The van der Waals surface area contributed by atoms with Gasteiger partial charge in [0.05, 0.1) is 27.8 Å². The minimum atomic E-state index is -0.449. The number of hydrogen-bond donors (Lipinski definition) is 0. The van der Waals surface area contributed by atoms with Crippen LogP contribution in [-0.4, -0.2) is 10.4 Å². The van der Waals surface area contributed by atoms with Crippen molar-refractivity contribution in [2.75, 3.05) is 4.90 Å². The number of benzene rings is 8. The molecule has 0 N–H and O–H groups in total. The second-order valence-corrected chi connectivity index (χ2v) is 14.0. The molecular formula is C50H32N2O. The van der Waals surface area contributed by atoms with E-state index in [0.717, 1.165) is 44.6 Å². The van der Waals surface area contributed by atoms with Crippen LogP contribution in [-0.2, 0) is 5.41 Å². The van der Waals surface area contributed by atoms with Crippen LogP contribution < -0.4 is 4.90 Å². The van der Waals surface area contributed by atoms with Gasteiger partial charge in [-0.25, -0.2) is 0 Å². The number of carbonyl (C=O) groups is 1. The van der Waals surface area contributed by atoms with Gasteiger partial charge in [0.1, 0.15) is 0 Å². The SMILES string of the molecule is O=C(c1ccc(N2c3ccccc3C3(c4ccccc4-c4ccccc43)c3ccccc32)cc1)c1ccc2c(c1)c1ccccc1n2-c1ccccc1. The smallest absolute Gasteiger partial charge is 0.193 e. The summed E-state index contributed by atoms with van der Waals surface area (Å²) in [6.07, 6.45) is 0. The third kappa shape index (κ3) is 4.08. The summed E-state index contributed by atoms with van der Waals surface area (Å²) in [5.41, 5.74) is 15.2.